The van der Waals surface area contributed by atoms with Gasteiger partial charge in [0.2, 0.25) is 0 Å². The van der Waals surface area contributed by atoms with Crippen molar-refractivity contribution in [1.29, 1.82) is 0 Å². The van der Waals surface area contributed by atoms with Crippen molar-refractivity contribution < 1.29 is 13.9 Å². The number of anilines is 1. The summed E-state index contributed by atoms with van der Waals surface area (Å²) >= 11 is 0. The van der Waals surface area contributed by atoms with Gasteiger partial charge in [-0.1, -0.05) is 13.0 Å². The summed E-state index contributed by atoms with van der Waals surface area (Å²) in [5.41, 5.74) is 4.48. The second-order valence-electron chi connectivity index (χ2n) is 7.19. The van der Waals surface area contributed by atoms with Gasteiger partial charge in [0.15, 0.2) is 6.10 Å². The van der Waals surface area contributed by atoms with Crippen LogP contribution in [0.5, 0.6) is 5.75 Å². The number of amides is 1. The third kappa shape index (κ3) is 3.65. The smallest absolute Gasteiger partial charge is 0.336 e. The molecule has 4 rings (SSSR count). The highest BCUT2D eigenvalue weighted by molar-refractivity contribution is 5.94. The molecule has 1 heterocycles. The predicted octanol–water partition coefficient (Wildman–Crippen LogP) is 4.25. The Bertz CT molecular complexity index is 1100. The van der Waals surface area contributed by atoms with E-state index in [9.17, 15) is 9.59 Å². The van der Waals surface area contributed by atoms with Gasteiger partial charge in [-0.15, -0.1) is 0 Å². The fourth-order valence-corrected chi connectivity index (χ4v) is 3.73. The Balaban J connectivity index is 1.49. The zero-order chi connectivity index (χ0) is 19.7. The van der Waals surface area contributed by atoms with Crippen LogP contribution in [0, 0.1) is 0 Å². The summed E-state index contributed by atoms with van der Waals surface area (Å²) in [5, 5.41) is 3.80. The van der Waals surface area contributed by atoms with Crippen LogP contribution in [0.15, 0.2) is 51.7 Å². The van der Waals surface area contributed by atoms with Gasteiger partial charge in [-0.25, -0.2) is 4.79 Å². The maximum absolute atomic E-state index is 12.5. The van der Waals surface area contributed by atoms with E-state index in [4.69, 9.17) is 9.15 Å². The molecule has 1 unspecified atom stereocenters. The van der Waals surface area contributed by atoms with E-state index < -0.39 is 6.10 Å². The van der Waals surface area contributed by atoms with Gasteiger partial charge in [-0.2, -0.15) is 0 Å². The summed E-state index contributed by atoms with van der Waals surface area (Å²) in [5.74, 6) is 0.266. The Morgan fingerprint density at radius 1 is 1.14 bits per heavy atom. The largest absolute Gasteiger partial charge is 0.481 e. The molecule has 1 aromatic heterocycles. The van der Waals surface area contributed by atoms with E-state index in [0.29, 0.717) is 11.3 Å². The molecule has 0 saturated heterocycles. The van der Waals surface area contributed by atoms with Gasteiger partial charge in [0.05, 0.1) is 0 Å². The molecule has 144 valence electrons. The Morgan fingerprint density at radius 2 is 1.96 bits per heavy atom. The quantitative estimate of drug-likeness (QED) is 0.675. The van der Waals surface area contributed by atoms with Crippen LogP contribution in [0.4, 0.5) is 5.69 Å². The van der Waals surface area contributed by atoms with Crippen LogP contribution in [0.1, 0.15) is 37.0 Å². The first-order valence-corrected chi connectivity index (χ1v) is 9.69. The Labute approximate surface area is 163 Å². The van der Waals surface area contributed by atoms with Crippen LogP contribution in [0.3, 0.4) is 0 Å². The minimum atomic E-state index is -0.688. The Kier molecular flexibility index (Phi) is 4.90. The first-order chi connectivity index (χ1) is 13.5. The lowest BCUT2D eigenvalue weighted by atomic mass is 10.1. The van der Waals surface area contributed by atoms with Gasteiger partial charge < -0.3 is 14.5 Å². The standard InChI is InChI=1S/C23H23NO4/c1-3-15-12-22(25)28-21-13-19(9-10-20(15)21)27-14(2)23(26)24-18-8-7-16-5-4-6-17(16)11-18/h7-14H,3-6H2,1-2H3,(H,24,26). The highest BCUT2D eigenvalue weighted by atomic mass is 16.5. The van der Waals surface area contributed by atoms with Gasteiger partial charge in [0, 0.05) is 23.2 Å². The lowest BCUT2D eigenvalue weighted by molar-refractivity contribution is -0.122. The number of benzene rings is 2. The van der Waals surface area contributed by atoms with Crippen molar-refractivity contribution in [2.24, 2.45) is 0 Å². The molecule has 0 aliphatic heterocycles. The summed E-state index contributed by atoms with van der Waals surface area (Å²) in [6, 6.07) is 12.9. The number of aryl methyl sites for hydroxylation is 3. The van der Waals surface area contributed by atoms with Crippen molar-refractivity contribution in [3.8, 4) is 5.75 Å². The van der Waals surface area contributed by atoms with E-state index >= 15 is 0 Å². The van der Waals surface area contributed by atoms with E-state index in [2.05, 4.69) is 11.4 Å². The number of hydrogen-bond acceptors (Lipinski definition) is 4. The third-order valence-corrected chi connectivity index (χ3v) is 5.23. The molecule has 1 N–H and O–H groups in total. The van der Waals surface area contributed by atoms with Crippen LogP contribution in [0.2, 0.25) is 0 Å². The minimum absolute atomic E-state index is 0.221. The molecule has 0 fully saturated rings. The maximum atomic E-state index is 12.5. The zero-order valence-electron chi connectivity index (χ0n) is 16.1. The number of hydrogen-bond donors (Lipinski definition) is 1. The number of carbonyl (C=O) groups excluding carboxylic acids is 1. The van der Waals surface area contributed by atoms with Crippen molar-refractivity contribution >= 4 is 22.6 Å². The summed E-state index contributed by atoms with van der Waals surface area (Å²) in [7, 11) is 0. The number of carbonyl (C=O) groups is 1. The van der Waals surface area contributed by atoms with Crippen LogP contribution in [0.25, 0.3) is 11.0 Å². The monoisotopic (exact) mass is 377 g/mol. The molecule has 1 aliphatic rings. The number of rotatable bonds is 5. The Morgan fingerprint density at radius 3 is 2.79 bits per heavy atom. The van der Waals surface area contributed by atoms with E-state index in [1.807, 2.05) is 25.1 Å². The first kappa shape index (κ1) is 18.3. The molecule has 1 amide bonds. The number of nitrogens with one attached hydrogen (secondary N) is 1. The molecule has 3 aromatic rings. The zero-order valence-corrected chi connectivity index (χ0v) is 16.1. The molecule has 2 aromatic carbocycles. The summed E-state index contributed by atoms with van der Waals surface area (Å²) in [6.07, 6.45) is 3.40. The highest BCUT2D eigenvalue weighted by Crippen LogP contribution is 2.26. The minimum Gasteiger partial charge on any atom is -0.481 e. The van der Waals surface area contributed by atoms with Gasteiger partial charge in [-0.3, -0.25) is 4.79 Å². The molecule has 0 bridgehead atoms. The van der Waals surface area contributed by atoms with Crippen molar-refractivity contribution in [1.82, 2.24) is 0 Å². The third-order valence-electron chi connectivity index (χ3n) is 5.23. The van der Waals surface area contributed by atoms with E-state index in [0.717, 1.165) is 35.9 Å². The van der Waals surface area contributed by atoms with Crippen molar-refractivity contribution in [3.63, 3.8) is 0 Å². The lowest BCUT2D eigenvalue weighted by Crippen LogP contribution is -2.30. The van der Waals surface area contributed by atoms with Crippen LogP contribution in [-0.2, 0) is 24.1 Å². The first-order valence-electron chi connectivity index (χ1n) is 9.69. The second kappa shape index (κ2) is 7.50. The normalized spacial score (nSPS) is 13.9. The summed E-state index contributed by atoms with van der Waals surface area (Å²) < 4.78 is 11.1. The number of ether oxygens (including phenoxy) is 1. The topological polar surface area (TPSA) is 68.5 Å². The van der Waals surface area contributed by atoms with Gasteiger partial charge in [-0.05, 0) is 73.6 Å². The van der Waals surface area contributed by atoms with Crippen LogP contribution >= 0.6 is 0 Å². The van der Waals surface area contributed by atoms with Crippen LogP contribution < -0.4 is 15.7 Å². The molecule has 5 heteroatoms. The molecule has 28 heavy (non-hydrogen) atoms. The molecule has 0 radical (unpaired) electrons. The predicted molar refractivity (Wildman–Crippen MR) is 109 cm³/mol. The SMILES string of the molecule is CCc1cc(=O)oc2cc(OC(C)C(=O)Nc3ccc4c(c3)CCC4)ccc12. The van der Waals surface area contributed by atoms with Crippen molar-refractivity contribution in [2.75, 3.05) is 5.32 Å². The molecule has 0 spiro atoms. The van der Waals surface area contributed by atoms with Gasteiger partial charge in [0.1, 0.15) is 11.3 Å². The van der Waals surface area contributed by atoms with E-state index in [1.54, 1.807) is 19.1 Å². The van der Waals surface area contributed by atoms with Gasteiger partial charge in [0.25, 0.3) is 5.91 Å². The molecular weight excluding hydrogens is 354 g/mol. The van der Waals surface area contributed by atoms with E-state index in [1.165, 1.54) is 23.6 Å². The average molecular weight is 377 g/mol. The maximum Gasteiger partial charge on any atom is 0.336 e. The van der Waals surface area contributed by atoms with E-state index in [-0.39, 0.29) is 11.5 Å². The van der Waals surface area contributed by atoms with Gasteiger partial charge >= 0.3 is 5.63 Å². The van der Waals surface area contributed by atoms with Crippen molar-refractivity contribution in [2.45, 2.75) is 45.6 Å². The fraction of sp³-hybridized carbons (Fsp3) is 0.304. The summed E-state index contributed by atoms with van der Waals surface area (Å²) in [6.45, 7) is 3.69. The molecule has 1 atom stereocenters. The molecular formula is C23H23NO4. The fourth-order valence-electron chi connectivity index (χ4n) is 3.73. The molecule has 0 saturated carbocycles. The molecule has 5 nitrogen and oxygen atoms in total. The highest BCUT2D eigenvalue weighted by Gasteiger charge is 2.17. The lowest BCUT2D eigenvalue weighted by Gasteiger charge is -2.16. The second-order valence-corrected chi connectivity index (χ2v) is 7.19. The van der Waals surface area contributed by atoms with Crippen molar-refractivity contribution in [3.05, 3.63) is 69.6 Å². The summed E-state index contributed by atoms with van der Waals surface area (Å²) in [4.78, 5) is 24.2. The average Bonchev–Trinajstić information content (AvgIpc) is 3.14. The van der Waals surface area contributed by atoms with Crippen LogP contribution in [-0.4, -0.2) is 12.0 Å². The number of fused-ring (bicyclic) bond motifs is 2. The molecule has 1 aliphatic carbocycles. The Hall–Kier alpha value is -3.08.